The van der Waals surface area contributed by atoms with Crippen molar-refractivity contribution in [3.63, 3.8) is 0 Å². The Morgan fingerprint density at radius 1 is 1.28 bits per heavy atom. The number of nitrogens with one attached hydrogen (secondary N) is 3. The van der Waals surface area contributed by atoms with E-state index in [1.807, 2.05) is 42.2 Å². The number of fused-ring (bicyclic) bond motifs is 1. The second-order valence-corrected chi connectivity index (χ2v) is 9.81. The molecule has 1 fully saturated rings. The normalized spacial score (nSPS) is 16.5. The van der Waals surface area contributed by atoms with E-state index in [-0.39, 0.29) is 18.5 Å². The molecule has 8 heteroatoms. The number of para-hydroxylation sites is 1. The molecule has 3 N–H and O–H groups in total. The van der Waals surface area contributed by atoms with Gasteiger partial charge in [-0.3, -0.25) is 4.79 Å². The highest BCUT2D eigenvalue weighted by atomic mass is 32.2. The van der Waals surface area contributed by atoms with Gasteiger partial charge in [-0.25, -0.2) is 9.97 Å². The Kier molecular flexibility index (Phi) is 7.52. The van der Waals surface area contributed by atoms with Crippen molar-refractivity contribution in [3.8, 4) is 0 Å². The minimum absolute atomic E-state index is 0.0216. The largest absolute Gasteiger partial charge is 0.375 e. The molecule has 1 amide bonds. The number of thioether (sulfide) groups is 1. The summed E-state index contributed by atoms with van der Waals surface area (Å²) in [6.07, 6.45) is 6.65. The maximum atomic E-state index is 12.7. The van der Waals surface area contributed by atoms with Gasteiger partial charge < -0.3 is 20.5 Å². The number of hydrogen-bond donors (Lipinski definition) is 3. The van der Waals surface area contributed by atoms with E-state index in [1.54, 1.807) is 6.33 Å². The first-order chi connectivity index (χ1) is 15.6. The van der Waals surface area contributed by atoms with Gasteiger partial charge in [0.1, 0.15) is 17.8 Å². The molecule has 2 aromatic heterocycles. The van der Waals surface area contributed by atoms with Crippen molar-refractivity contribution in [3.05, 3.63) is 42.9 Å². The van der Waals surface area contributed by atoms with E-state index in [4.69, 9.17) is 0 Å². The van der Waals surface area contributed by atoms with Crippen molar-refractivity contribution >= 4 is 40.2 Å². The highest BCUT2D eigenvalue weighted by Gasteiger charge is 2.24. The zero-order chi connectivity index (χ0) is 22.3. The third-order valence-electron chi connectivity index (χ3n) is 5.70. The molecule has 0 bridgehead atoms. The predicted molar refractivity (Wildman–Crippen MR) is 132 cm³/mol. The van der Waals surface area contributed by atoms with Gasteiger partial charge in [0, 0.05) is 35.9 Å². The molecule has 1 saturated heterocycles. The lowest BCUT2D eigenvalue weighted by atomic mass is 10.1. The van der Waals surface area contributed by atoms with Gasteiger partial charge in [0.2, 0.25) is 5.91 Å². The van der Waals surface area contributed by atoms with Crippen molar-refractivity contribution in [2.75, 3.05) is 35.6 Å². The lowest BCUT2D eigenvalue weighted by Crippen LogP contribution is -2.49. The SMILES string of the molecule is CC(C)CCSc1ccccc1NCC(=O)N[C@@H]1CCCN(c2ncnc3[nH]ccc23)C1. The molecule has 0 radical (unpaired) electrons. The summed E-state index contributed by atoms with van der Waals surface area (Å²) in [5, 5.41) is 7.56. The Labute approximate surface area is 193 Å². The molecule has 1 atom stereocenters. The molecule has 170 valence electrons. The van der Waals surface area contributed by atoms with Gasteiger partial charge in [-0.2, -0.15) is 0 Å². The first-order valence-electron chi connectivity index (χ1n) is 11.4. The summed E-state index contributed by atoms with van der Waals surface area (Å²) in [7, 11) is 0. The van der Waals surface area contributed by atoms with E-state index in [9.17, 15) is 4.79 Å². The van der Waals surface area contributed by atoms with Gasteiger partial charge in [-0.1, -0.05) is 26.0 Å². The van der Waals surface area contributed by atoms with E-state index in [0.29, 0.717) is 5.92 Å². The van der Waals surface area contributed by atoms with Crippen LogP contribution in [0.3, 0.4) is 0 Å². The monoisotopic (exact) mass is 452 g/mol. The van der Waals surface area contributed by atoms with Crippen LogP contribution in [-0.2, 0) is 4.79 Å². The highest BCUT2D eigenvalue weighted by molar-refractivity contribution is 7.99. The Balaban J connectivity index is 1.30. The molecule has 1 aliphatic heterocycles. The Hall–Kier alpha value is -2.74. The number of aromatic amines is 1. The zero-order valence-corrected chi connectivity index (χ0v) is 19.6. The van der Waals surface area contributed by atoms with Crippen LogP contribution in [0.25, 0.3) is 11.0 Å². The first kappa shape index (κ1) is 22.5. The van der Waals surface area contributed by atoms with Crippen LogP contribution >= 0.6 is 11.8 Å². The van der Waals surface area contributed by atoms with Crippen LogP contribution in [-0.4, -0.2) is 52.3 Å². The first-order valence-corrected chi connectivity index (χ1v) is 12.4. The quantitative estimate of drug-likeness (QED) is 0.420. The number of rotatable bonds is 9. The topological polar surface area (TPSA) is 85.9 Å². The van der Waals surface area contributed by atoms with Gasteiger partial charge >= 0.3 is 0 Å². The second-order valence-electron chi connectivity index (χ2n) is 8.67. The van der Waals surface area contributed by atoms with Crippen LogP contribution in [0.2, 0.25) is 0 Å². The number of nitrogens with zero attached hydrogens (tertiary/aromatic N) is 3. The van der Waals surface area contributed by atoms with Gasteiger partial charge in [0.05, 0.1) is 11.9 Å². The molecule has 0 aliphatic carbocycles. The fraction of sp³-hybridized carbons (Fsp3) is 0.458. The smallest absolute Gasteiger partial charge is 0.239 e. The third-order valence-corrected chi connectivity index (χ3v) is 6.81. The minimum Gasteiger partial charge on any atom is -0.375 e. The molecule has 32 heavy (non-hydrogen) atoms. The van der Waals surface area contributed by atoms with Crippen molar-refractivity contribution in [2.24, 2.45) is 5.92 Å². The molecule has 3 aromatic rings. The Morgan fingerprint density at radius 2 is 2.16 bits per heavy atom. The predicted octanol–water partition coefficient (Wildman–Crippen LogP) is 4.29. The number of H-pyrrole nitrogens is 1. The standard InChI is InChI=1S/C24H32N6OS/c1-17(2)10-13-32-21-8-4-3-7-20(21)26-14-22(31)29-18-6-5-12-30(15-18)24-19-9-11-25-23(19)27-16-28-24/h3-4,7-9,11,16-18,26H,5-6,10,12-15H2,1-2H3,(H,29,31)(H,25,27,28)/t18-/m1/s1. The van der Waals surface area contributed by atoms with Gasteiger partial charge in [0.25, 0.3) is 0 Å². The maximum absolute atomic E-state index is 12.7. The van der Waals surface area contributed by atoms with Crippen molar-refractivity contribution in [1.82, 2.24) is 20.3 Å². The highest BCUT2D eigenvalue weighted by Crippen LogP contribution is 2.28. The van der Waals surface area contributed by atoms with Crippen LogP contribution in [0.4, 0.5) is 11.5 Å². The summed E-state index contributed by atoms with van der Waals surface area (Å²) in [5.74, 6) is 2.73. The molecule has 7 nitrogen and oxygen atoms in total. The summed E-state index contributed by atoms with van der Waals surface area (Å²) >= 11 is 1.85. The van der Waals surface area contributed by atoms with Crippen molar-refractivity contribution < 1.29 is 4.79 Å². The number of anilines is 2. The van der Waals surface area contributed by atoms with E-state index >= 15 is 0 Å². The summed E-state index contributed by atoms with van der Waals surface area (Å²) < 4.78 is 0. The molecule has 4 rings (SSSR count). The lowest BCUT2D eigenvalue weighted by Gasteiger charge is -2.34. The number of aromatic nitrogens is 3. The zero-order valence-electron chi connectivity index (χ0n) is 18.8. The molecular formula is C24H32N6OS. The van der Waals surface area contributed by atoms with Crippen LogP contribution in [0.1, 0.15) is 33.1 Å². The summed E-state index contributed by atoms with van der Waals surface area (Å²) in [6.45, 7) is 6.45. The second kappa shape index (κ2) is 10.7. The van der Waals surface area contributed by atoms with E-state index in [2.05, 4.69) is 50.4 Å². The Bertz CT molecular complexity index is 1040. The average Bonchev–Trinajstić information content (AvgIpc) is 3.27. The fourth-order valence-corrected chi connectivity index (χ4v) is 5.28. The number of hydrogen-bond acceptors (Lipinski definition) is 6. The van der Waals surface area contributed by atoms with E-state index in [1.165, 1.54) is 11.3 Å². The number of amides is 1. The van der Waals surface area contributed by atoms with E-state index < -0.39 is 0 Å². The number of benzene rings is 1. The van der Waals surface area contributed by atoms with Gasteiger partial charge in [-0.15, -0.1) is 11.8 Å². The summed E-state index contributed by atoms with van der Waals surface area (Å²) in [6, 6.07) is 10.3. The van der Waals surface area contributed by atoms with Crippen LogP contribution in [0.5, 0.6) is 0 Å². The molecule has 3 heterocycles. The fourth-order valence-electron chi connectivity index (χ4n) is 4.00. The maximum Gasteiger partial charge on any atom is 0.239 e. The number of carbonyl (C=O) groups excluding carboxylic acids is 1. The minimum atomic E-state index is 0.0216. The van der Waals surface area contributed by atoms with Crippen LogP contribution < -0.4 is 15.5 Å². The van der Waals surface area contributed by atoms with Crippen molar-refractivity contribution in [1.29, 1.82) is 0 Å². The molecule has 0 unspecified atom stereocenters. The Morgan fingerprint density at radius 3 is 3.03 bits per heavy atom. The average molecular weight is 453 g/mol. The molecular weight excluding hydrogens is 420 g/mol. The van der Waals surface area contributed by atoms with E-state index in [0.717, 1.165) is 54.2 Å². The number of carbonyl (C=O) groups is 1. The summed E-state index contributed by atoms with van der Waals surface area (Å²) in [4.78, 5) is 28.1. The molecule has 0 saturated carbocycles. The van der Waals surface area contributed by atoms with Crippen LogP contribution in [0, 0.1) is 5.92 Å². The molecule has 1 aromatic carbocycles. The summed E-state index contributed by atoms with van der Waals surface area (Å²) in [5.41, 5.74) is 1.87. The number of piperidine rings is 1. The van der Waals surface area contributed by atoms with Crippen LogP contribution in [0.15, 0.2) is 47.8 Å². The third kappa shape index (κ3) is 5.73. The van der Waals surface area contributed by atoms with Gasteiger partial charge in [0.15, 0.2) is 0 Å². The van der Waals surface area contributed by atoms with Crippen molar-refractivity contribution in [2.45, 2.75) is 44.0 Å². The van der Waals surface area contributed by atoms with Gasteiger partial charge in [-0.05, 0) is 49.1 Å². The molecule has 1 aliphatic rings. The molecule has 0 spiro atoms. The lowest BCUT2D eigenvalue weighted by molar-refractivity contribution is -0.120.